The van der Waals surface area contributed by atoms with Gasteiger partial charge in [0, 0.05) is 0 Å². The third kappa shape index (κ3) is 3.58. The standard InChI is InChI=1S/C29H46O/c1-7-21(19(2)3)9-8-20(4)25-12-13-26-24-11-10-22-18-23(30)14-16-28(22,5)27(24)15-17-29(25,26)6/h9-10,20,23-27,30H,2,7-8,11-18H2,1,3-6H3/b21-9+/t20-,23+,24?,25-,26?,27?,28+,29-/m1/s1. The zero-order chi connectivity index (χ0) is 21.7. The molecule has 0 aromatic rings. The van der Waals surface area contributed by atoms with E-state index < -0.39 is 0 Å². The third-order valence-corrected chi connectivity index (χ3v) is 10.5. The van der Waals surface area contributed by atoms with Gasteiger partial charge in [-0.1, -0.05) is 57.6 Å². The first-order valence-corrected chi connectivity index (χ1v) is 12.9. The van der Waals surface area contributed by atoms with Crippen molar-refractivity contribution in [3.8, 4) is 0 Å². The van der Waals surface area contributed by atoms with Crippen molar-refractivity contribution < 1.29 is 5.11 Å². The molecule has 3 saturated carbocycles. The van der Waals surface area contributed by atoms with Gasteiger partial charge in [-0.05, 0) is 117 Å². The number of fused-ring (bicyclic) bond motifs is 5. The Hall–Kier alpha value is -0.820. The highest BCUT2D eigenvalue weighted by Gasteiger charge is 2.59. The predicted octanol–water partition coefficient (Wildman–Crippen LogP) is 7.87. The first kappa shape index (κ1) is 22.4. The van der Waals surface area contributed by atoms with Crippen LogP contribution in [0.25, 0.3) is 0 Å². The van der Waals surface area contributed by atoms with Crippen LogP contribution >= 0.6 is 0 Å². The number of hydrogen-bond acceptors (Lipinski definition) is 1. The Balaban J connectivity index is 1.52. The maximum absolute atomic E-state index is 10.2. The lowest BCUT2D eigenvalue weighted by Crippen LogP contribution is -2.50. The van der Waals surface area contributed by atoms with Gasteiger partial charge in [0.1, 0.15) is 0 Å². The van der Waals surface area contributed by atoms with E-state index in [0.29, 0.717) is 10.8 Å². The summed E-state index contributed by atoms with van der Waals surface area (Å²) in [4.78, 5) is 0. The fourth-order valence-electron chi connectivity index (χ4n) is 8.73. The molecule has 1 heteroatoms. The highest BCUT2D eigenvalue weighted by molar-refractivity contribution is 5.27. The second kappa shape index (κ2) is 8.27. The van der Waals surface area contributed by atoms with E-state index in [1.165, 1.54) is 56.1 Å². The SMILES string of the molecule is C=C(C)/C(=C/C[C@@H](C)[C@H]1CCC2C3CC=C4C[C@@H](O)CC[C@]4(C)C3CC[C@@]21C)CC. The second-order valence-electron chi connectivity index (χ2n) is 12.0. The monoisotopic (exact) mass is 410 g/mol. The molecule has 1 N–H and O–H groups in total. The third-order valence-electron chi connectivity index (χ3n) is 10.5. The van der Waals surface area contributed by atoms with Gasteiger partial charge in [0.15, 0.2) is 0 Å². The topological polar surface area (TPSA) is 20.2 Å². The largest absolute Gasteiger partial charge is 0.393 e. The van der Waals surface area contributed by atoms with Crippen LogP contribution in [0.3, 0.4) is 0 Å². The molecule has 0 amide bonds. The van der Waals surface area contributed by atoms with Crippen molar-refractivity contribution in [1.82, 2.24) is 0 Å². The minimum atomic E-state index is -0.0910. The summed E-state index contributed by atoms with van der Waals surface area (Å²) in [6, 6.07) is 0. The van der Waals surface area contributed by atoms with Crippen LogP contribution in [0.1, 0.15) is 98.8 Å². The fourth-order valence-corrected chi connectivity index (χ4v) is 8.73. The number of rotatable bonds is 5. The Bertz CT molecular complexity index is 729. The summed E-state index contributed by atoms with van der Waals surface area (Å²) < 4.78 is 0. The molecule has 0 heterocycles. The van der Waals surface area contributed by atoms with Crippen LogP contribution in [0.15, 0.2) is 35.5 Å². The van der Waals surface area contributed by atoms with Gasteiger partial charge in [0.25, 0.3) is 0 Å². The quantitative estimate of drug-likeness (QED) is 0.361. The zero-order valence-electron chi connectivity index (χ0n) is 20.3. The molecule has 4 rings (SSSR count). The Labute approximate surface area is 186 Å². The van der Waals surface area contributed by atoms with E-state index in [1.807, 2.05) is 0 Å². The Kier molecular flexibility index (Phi) is 6.17. The molecule has 1 nitrogen and oxygen atoms in total. The normalized spacial score (nSPS) is 44.5. The molecule has 4 aliphatic rings. The highest BCUT2D eigenvalue weighted by atomic mass is 16.3. The summed E-state index contributed by atoms with van der Waals surface area (Å²) in [5.74, 6) is 4.28. The van der Waals surface area contributed by atoms with Crippen LogP contribution in [0, 0.1) is 40.4 Å². The van der Waals surface area contributed by atoms with Crippen LogP contribution in [0.2, 0.25) is 0 Å². The van der Waals surface area contributed by atoms with E-state index in [9.17, 15) is 5.11 Å². The van der Waals surface area contributed by atoms with Crippen LogP contribution < -0.4 is 0 Å². The molecule has 0 aromatic heterocycles. The van der Waals surface area contributed by atoms with Crippen LogP contribution in [-0.4, -0.2) is 11.2 Å². The van der Waals surface area contributed by atoms with Crippen molar-refractivity contribution in [1.29, 1.82) is 0 Å². The van der Waals surface area contributed by atoms with Gasteiger partial charge in [0.2, 0.25) is 0 Å². The maximum atomic E-state index is 10.2. The lowest BCUT2D eigenvalue weighted by molar-refractivity contribution is -0.0565. The second-order valence-corrected chi connectivity index (χ2v) is 12.0. The lowest BCUT2D eigenvalue weighted by atomic mass is 9.47. The molecule has 0 spiro atoms. The molecular formula is C29H46O. The summed E-state index contributed by atoms with van der Waals surface area (Å²) >= 11 is 0. The molecule has 168 valence electrons. The molecular weight excluding hydrogens is 364 g/mol. The van der Waals surface area contributed by atoms with Crippen LogP contribution in [0.4, 0.5) is 0 Å². The first-order chi connectivity index (χ1) is 14.2. The summed E-state index contributed by atoms with van der Waals surface area (Å²) in [5.41, 5.74) is 5.21. The van der Waals surface area contributed by atoms with Gasteiger partial charge < -0.3 is 5.11 Å². The number of aliphatic hydroxyl groups excluding tert-OH is 1. The van der Waals surface area contributed by atoms with Crippen molar-refractivity contribution in [3.63, 3.8) is 0 Å². The number of hydrogen-bond donors (Lipinski definition) is 1. The van der Waals surface area contributed by atoms with E-state index in [4.69, 9.17) is 0 Å². The van der Waals surface area contributed by atoms with Crippen molar-refractivity contribution in [3.05, 3.63) is 35.5 Å². The Morgan fingerprint density at radius 1 is 1.20 bits per heavy atom. The molecule has 0 bridgehead atoms. The van der Waals surface area contributed by atoms with E-state index >= 15 is 0 Å². The molecule has 0 aliphatic heterocycles. The zero-order valence-corrected chi connectivity index (χ0v) is 20.3. The number of allylic oxidation sites excluding steroid dienone is 4. The van der Waals surface area contributed by atoms with Crippen LogP contribution in [-0.2, 0) is 0 Å². The van der Waals surface area contributed by atoms with E-state index in [-0.39, 0.29) is 6.10 Å². The molecule has 3 unspecified atom stereocenters. The lowest BCUT2D eigenvalue weighted by Gasteiger charge is -2.58. The van der Waals surface area contributed by atoms with Crippen LogP contribution in [0.5, 0.6) is 0 Å². The van der Waals surface area contributed by atoms with E-state index in [1.54, 1.807) is 5.57 Å². The van der Waals surface area contributed by atoms with Gasteiger partial charge in [-0.3, -0.25) is 0 Å². The fraction of sp³-hybridized carbons (Fsp3) is 0.793. The highest BCUT2D eigenvalue weighted by Crippen LogP contribution is 2.67. The smallest absolute Gasteiger partial charge is 0.0577 e. The van der Waals surface area contributed by atoms with Crippen molar-refractivity contribution >= 4 is 0 Å². The Morgan fingerprint density at radius 2 is 1.97 bits per heavy atom. The van der Waals surface area contributed by atoms with Crippen molar-refractivity contribution in [2.75, 3.05) is 0 Å². The van der Waals surface area contributed by atoms with Gasteiger partial charge in [0.05, 0.1) is 6.10 Å². The van der Waals surface area contributed by atoms with Gasteiger partial charge in [-0.2, -0.15) is 0 Å². The molecule has 8 atom stereocenters. The molecule has 30 heavy (non-hydrogen) atoms. The molecule has 0 aromatic carbocycles. The van der Waals surface area contributed by atoms with Crippen molar-refractivity contribution in [2.45, 2.75) is 105 Å². The average molecular weight is 411 g/mol. The predicted molar refractivity (Wildman–Crippen MR) is 128 cm³/mol. The first-order valence-electron chi connectivity index (χ1n) is 12.9. The summed E-state index contributed by atoms with van der Waals surface area (Å²) in [5, 5.41) is 10.2. The van der Waals surface area contributed by atoms with Gasteiger partial charge in [-0.15, -0.1) is 0 Å². The number of aliphatic hydroxyl groups is 1. The summed E-state index contributed by atoms with van der Waals surface area (Å²) in [6.45, 7) is 16.3. The van der Waals surface area contributed by atoms with Gasteiger partial charge in [-0.25, -0.2) is 0 Å². The minimum Gasteiger partial charge on any atom is -0.393 e. The molecule has 3 fully saturated rings. The van der Waals surface area contributed by atoms with E-state index in [2.05, 4.69) is 53.3 Å². The molecule has 4 aliphatic carbocycles. The minimum absolute atomic E-state index is 0.0910. The van der Waals surface area contributed by atoms with Crippen molar-refractivity contribution in [2.24, 2.45) is 40.4 Å². The van der Waals surface area contributed by atoms with E-state index in [0.717, 1.165) is 48.9 Å². The average Bonchev–Trinajstić information content (AvgIpc) is 3.06. The molecule has 0 saturated heterocycles. The summed E-state index contributed by atoms with van der Waals surface area (Å²) in [6.07, 6.45) is 17.4. The Morgan fingerprint density at radius 3 is 2.67 bits per heavy atom. The summed E-state index contributed by atoms with van der Waals surface area (Å²) in [7, 11) is 0. The molecule has 0 radical (unpaired) electrons. The van der Waals surface area contributed by atoms with Gasteiger partial charge >= 0.3 is 0 Å². The maximum Gasteiger partial charge on any atom is 0.0577 e.